The molecule has 0 spiro atoms. The maximum absolute atomic E-state index is 12.9. The van der Waals surface area contributed by atoms with Crippen LogP contribution >= 0.6 is 23.5 Å². The Balaban J connectivity index is 1.06. The molecule has 0 radical (unpaired) electrons. The fourth-order valence-corrected chi connectivity index (χ4v) is 8.24. The molecule has 8 nitrogen and oxygen atoms in total. The first-order valence-corrected chi connectivity index (χ1v) is 16.1. The molecular formula is C29H42N2O6S2. The summed E-state index contributed by atoms with van der Waals surface area (Å²) in [5.74, 6) is 1.03. The van der Waals surface area contributed by atoms with E-state index in [4.69, 9.17) is 9.47 Å². The van der Waals surface area contributed by atoms with Gasteiger partial charge in [-0.25, -0.2) is 0 Å². The lowest BCUT2D eigenvalue weighted by molar-refractivity contribution is -0.153. The molecule has 4 aliphatic rings. The van der Waals surface area contributed by atoms with E-state index in [9.17, 15) is 19.2 Å². The zero-order chi connectivity index (χ0) is 28.2. The van der Waals surface area contributed by atoms with Gasteiger partial charge in [0.2, 0.25) is 11.8 Å². The highest BCUT2D eigenvalue weighted by Crippen LogP contribution is 2.43. The molecule has 0 N–H and O–H groups in total. The van der Waals surface area contributed by atoms with Crippen LogP contribution in [-0.4, -0.2) is 82.4 Å². The number of hydrogen-bond acceptors (Lipinski definition) is 8. The van der Waals surface area contributed by atoms with Gasteiger partial charge >= 0.3 is 0 Å². The SMILES string of the molecule is CC(C)(CCCOCCCOCCCC(C)(C)N1C(=O)C=C2SCCC2C1=O)N1C(=O)C=C2SCCC2C1=O. The maximum atomic E-state index is 12.9. The van der Waals surface area contributed by atoms with Crippen LogP contribution in [0.5, 0.6) is 0 Å². The zero-order valence-corrected chi connectivity index (χ0v) is 25.3. The average molecular weight is 579 g/mol. The highest BCUT2D eigenvalue weighted by Gasteiger charge is 2.45. The third kappa shape index (κ3) is 7.00. The van der Waals surface area contributed by atoms with Crippen molar-refractivity contribution in [2.75, 3.05) is 37.9 Å². The molecule has 0 aromatic heterocycles. The predicted octanol–water partition coefficient (Wildman–Crippen LogP) is 4.54. The van der Waals surface area contributed by atoms with E-state index in [1.165, 1.54) is 9.80 Å². The van der Waals surface area contributed by atoms with E-state index in [0.717, 1.165) is 53.4 Å². The van der Waals surface area contributed by atoms with Gasteiger partial charge in [-0.15, -0.1) is 23.5 Å². The molecule has 4 amide bonds. The number of amides is 4. The van der Waals surface area contributed by atoms with E-state index >= 15 is 0 Å². The van der Waals surface area contributed by atoms with E-state index in [2.05, 4.69) is 0 Å². The molecule has 0 saturated carbocycles. The molecule has 4 rings (SSSR count). The monoisotopic (exact) mass is 578 g/mol. The van der Waals surface area contributed by atoms with Crippen LogP contribution < -0.4 is 0 Å². The van der Waals surface area contributed by atoms with Gasteiger partial charge in [0.25, 0.3) is 11.8 Å². The Hall–Kier alpha value is -1.62. The van der Waals surface area contributed by atoms with E-state index < -0.39 is 11.1 Å². The van der Waals surface area contributed by atoms with Gasteiger partial charge in [0.15, 0.2) is 0 Å². The minimum Gasteiger partial charge on any atom is -0.381 e. The predicted molar refractivity (Wildman–Crippen MR) is 154 cm³/mol. The fourth-order valence-electron chi connectivity index (χ4n) is 5.85. The molecule has 0 bridgehead atoms. The first-order chi connectivity index (χ1) is 18.5. The Morgan fingerprint density at radius 2 is 1.08 bits per heavy atom. The number of hydrogen-bond donors (Lipinski definition) is 0. The Morgan fingerprint density at radius 3 is 1.49 bits per heavy atom. The minimum atomic E-state index is -0.540. The highest BCUT2D eigenvalue weighted by molar-refractivity contribution is 8.03. The molecule has 2 unspecified atom stereocenters. The van der Waals surface area contributed by atoms with Gasteiger partial charge in [-0.3, -0.25) is 29.0 Å². The lowest BCUT2D eigenvalue weighted by atomic mass is 9.91. The topological polar surface area (TPSA) is 93.2 Å². The fraction of sp³-hybridized carbons (Fsp3) is 0.724. The molecule has 39 heavy (non-hydrogen) atoms. The summed E-state index contributed by atoms with van der Waals surface area (Å²) in [6, 6.07) is 0. The van der Waals surface area contributed by atoms with Gasteiger partial charge in [-0.1, -0.05) is 0 Å². The van der Waals surface area contributed by atoms with Crippen molar-refractivity contribution in [3.63, 3.8) is 0 Å². The highest BCUT2D eigenvalue weighted by atomic mass is 32.2. The number of imide groups is 2. The molecule has 216 valence electrons. The molecule has 4 heterocycles. The summed E-state index contributed by atoms with van der Waals surface area (Å²) in [7, 11) is 0. The van der Waals surface area contributed by atoms with Crippen LogP contribution in [0.25, 0.3) is 0 Å². The van der Waals surface area contributed by atoms with Crippen molar-refractivity contribution in [3.05, 3.63) is 22.0 Å². The molecular weight excluding hydrogens is 536 g/mol. The Morgan fingerprint density at radius 1 is 0.692 bits per heavy atom. The van der Waals surface area contributed by atoms with Crippen molar-refractivity contribution in [2.45, 2.75) is 83.7 Å². The van der Waals surface area contributed by atoms with Crippen LogP contribution in [0.15, 0.2) is 22.0 Å². The van der Waals surface area contributed by atoms with Gasteiger partial charge in [0, 0.05) is 59.5 Å². The first-order valence-electron chi connectivity index (χ1n) is 14.1. The Kier molecular flexibility index (Phi) is 10.0. The smallest absolute Gasteiger partial charge is 0.254 e. The zero-order valence-electron chi connectivity index (χ0n) is 23.7. The first kappa shape index (κ1) is 30.3. The Bertz CT molecular complexity index is 957. The molecule has 0 aromatic rings. The summed E-state index contributed by atoms with van der Waals surface area (Å²) in [5.41, 5.74) is -1.08. The molecule has 0 aliphatic carbocycles. The van der Waals surface area contributed by atoms with Crippen molar-refractivity contribution < 1.29 is 28.7 Å². The maximum Gasteiger partial charge on any atom is 0.254 e. The van der Waals surface area contributed by atoms with Crippen LogP contribution in [0, 0.1) is 11.8 Å². The number of thioether (sulfide) groups is 2. The molecule has 2 fully saturated rings. The van der Waals surface area contributed by atoms with Crippen LogP contribution in [0.2, 0.25) is 0 Å². The summed E-state index contributed by atoms with van der Waals surface area (Å²) in [5, 5.41) is 0. The van der Waals surface area contributed by atoms with Crippen molar-refractivity contribution in [3.8, 4) is 0 Å². The van der Waals surface area contributed by atoms with Crippen LogP contribution in [0.3, 0.4) is 0 Å². The molecule has 2 atom stereocenters. The van der Waals surface area contributed by atoms with E-state index in [-0.39, 0.29) is 35.5 Å². The Labute approximate surface area is 240 Å². The molecule has 2 saturated heterocycles. The third-order valence-corrected chi connectivity index (χ3v) is 10.3. The summed E-state index contributed by atoms with van der Waals surface area (Å²) in [4.78, 5) is 55.8. The normalized spacial score (nSPS) is 23.8. The van der Waals surface area contributed by atoms with Crippen LogP contribution in [0.1, 0.15) is 72.6 Å². The number of fused-ring (bicyclic) bond motifs is 2. The number of carbonyl (C=O) groups is 4. The lowest BCUT2D eigenvalue weighted by Gasteiger charge is -2.40. The molecule has 10 heteroatoms. The van der Waals surface area contributed by atoms with Gasteiger partial charge in [0.1, 0.15) is 0 Å². The van der Waals surface area contributed by atoms with E-state index in [1.54, 1.807) is 35.7 Å². The minimum absolute atomic E-state index is 0.0537. The molecule has 0 aromatic carbocycles. The van der Waals surface area contributed by atoms with E-state index in [1.807, 2.05) is 27.7 Å². The van der Waals surface area contributed by atoms with Crippen molar-refractivity contribution in [1.82, 2.24) is 9.80 Å². The quantitative estimate of drug-likeness (QED) is 0.219. The number of nitrogens with zero attached hydrogens (tertiary/aromatic N) is 2. The number of rotatable bonds is 14. The summed E-state index contributed by atoms with van der Waals surface area (Å²) >= 11 is 3.25. The largest absolute Gasteiger partial charge is 0.381 e. The van der Waals surface area contributed by atoms with Gasteiger partial charge in [0.05, 0.1) is 11.8 Å². The van der Waals surface area contributed by atoms with Gasteiger partial charge in [-0.05, 0) is 84.1 Å². The van der Waals surface area contributed by atoms with Crippen molar-refractivity contribution in [2.24, 2.45) is 11.8 Å². The number of carbonyl (C=O) groups excluding carboxylic acids is 4. The molecule has 4 aliphatic heterocycles. The van der Waals surface area contributed by atoms with Gasteiger partial charge < -0.3 is 9.47 Å². The summed E-state index contributed by atoms with van der Waals surface area (Å²) in [6.07, 6.45) is 8.62. The summed E-state index contributed by atoms with van der Waals surface area (Å²) < 4.78 is 11.5. The summed E-state index contributed by atoms with van der Waals surface area (Å²) in [6.45, 7) is 10.1. The van der Waals surface area contributed by atoms with Crippen LogP contribution in [0.4, 0.5) is 0 Å². The van der Waals surface area contributed by atoms with E-state index in [0.29, 0.717) is 39.3 Å². The van der Waals surface area contributed by atoms with Gasteiger partial charge in [-0.2, -0.15) is 0 Å². The second-order valence-electron chi connectivity index (χ2n) is 11.9. The third-order valence-electron chi connectivity index (χ3n) is 7.99. The lowest BCUT2D eigenvalue weighted by Crippen LogP contribution is -2.54. The van der Waals surface area contributed by atoms with Crippen molar-refractivity contribution in [1.29, 1.82) is 0 Å². The van der Waals surface area contributed by atoms with Crippen LogP contribution in [-0.2, 0) is 28.7 Å². The average Bonchev–Trinajstić information content (AvgIpc) is 3.52. The standard InChI is InChI=1S/C29H42N2O6S2/c1-28(2,30-24(32)18-22-20(26(30)34)8-16-38-22)10-5-12-36-14-7-15-37-13-6-11-29(3,4)31-25(33)19-23-21(27(31)35)9-17-39-23/h18-21H,5-17H2,1-4H3. The number of ether oxygens (including phenoxy) is 2. The second-order valence-corrected chi connectivity index (χ2v) is 14.2. The second kappa shape index (κ2) is 12.9. The van der Waals surface area contributed by atoms with Crippen molar-refractivity contribution >= 4 is 47.2 Å².